The number of likely N-dealkylation sites (tertiary alicyclic amines) is 1. The molecule has 1 aliphatic heterocycles. The van der Waals surface area contributed by atoms with E-state index in [9.17, 15) is 15.0 Å². The van der Waals surface area contributed by atoms with E-state index in [1.54, 1.807) is 31.1 Å². The minimum absolute atomic E-state index is 0.0552. The van der Waals surface area contributed by atoms with Crippen LogP contribution in [-0.4, -0.2) is 58.6 Å². The highest BCUT2D eigenvalue weighted by atomic mass is 32.2. The van der Waals surface area contributed by atoms with Gasteiger partial charge in [-0.3, -0.25) is 9.78 Å². The summed E-state index contributed by atoms with van der Waals surface area (Å²) < 4.78 is 5.35. The van der Waals surface area contributed by atoms with Gasteiger partial charge in [0, 0.05) is 41.7 Å². The van der Waals surface area contributed by atoms with E-state index in [-0.39, 0.29) is 18.3 Å². The van der Waals surface area contributed by atoms with Crippen molar-refractivity contribution in [1.82, 2.24) is 9.88 Å². The summed E-state index contributed by atoms with van der Waals surface area (Å²) in [6.45, 7) is 2.55. The van der Waals surface area contributed by atoms with Crippen LogP contribution in [0.15, 0.2) is 59.6 Å². The fourth-order valence-electron chi connectivity index (χ4n) is 5.23. The van der Waals surface area contributed by atoms with Crippen molar-refractivity contribution in [1.29, 1.82) is 5.26 Å². The number of piperidine rings is 1. The fraction of sp³-hybridized carbons (Fsp3) is 0.414. The van der Waals surface area contributed by atoms with Gasteiger partial charge in [0.05, 0.1) is 30.4 Å². The summed E-state index contributed by atoms with van der Waals surface area (Å²) in [6, 6.07) is 17.3. The molecule has 0 aliphatic carbocycles. The Morgan fingerprint density at radius 3 is 2.92 bits per heavy atom. The number of carboxylic acids is 1. The molecule has 4 rings (SSSR count). The molecule has 1 aromatic heterocycles. The molecule has 8 heteroatoms. The lowest BCUT2D eigenvalue weighted by molar-refractivity contribution is -0.139. The van der Waals surface area contributed by atoms with Gasteiger partial charge < -0.3 is 19.8 Å². The maximum atomic E-state index is 11.6. The second-order valence-electron chi connectivity index (χ2n) is 9.57. The van der Waals surface area contributed by atoms with E-state index in [2.05, 4.69) is 16.0 Å². The number of ether oxygens (including phenoxy) is 1. The minimum atomic E-state index is -0.771. The molecule has 7 nitrogen and oxygen atoms in total. The Morgan fingerprint density at radius 1 is 1.27 bits per heavy atom. The first-order valence-corrected chi connectivity index (χ1v) is 13.6. The number of methoxy groups -OCH3 is 1. The molecule has 0 spiro atoms. The molecule has 37 heavy (non-hydrogen) atoms. The molecule has 1 fully saturated rings. The van der Waals surface area contributed by atoms with E-state index in [1.807, 2.05) is 42.5 Å². The van der Waals surface area contributed by atoms with E-state index in [4.69, 9.17) is 10.00 Å². The molecule has 2 N–H and O–H groups in total. The lowest BCUT2D eigenvalue weighted by Gasteiger charge is -2.38. The van der Waals surface area contributed by atoms with Crippen LogP contribution in [0.25, 0.3) is 10.9 Å². The third kappa shape index (κ3) is 7.22. The zero-order valence-corrected chi connectivity index (χ0v) is 21.9. The van der Waals surface area contributed by atoms with Crippen LogP contribution in [0, 0.1) is 23.2 Å². The highest BCUT2D eigenvalue weighted by molar-refractivity contribution is 7.99. The van der Waals surface area contributed by atoms with E-state index in [0.29, 0.717) is 12.0 Å². The number of nitrogens with zero attached hydrogens (tertiary/aromatic N) is 3. The number of aliphatic carboxylic acids is 1. The number of nitriles is 1. The van der Waals surface area contributed by atoms with Gasteiger partial charge in [0.1, 0.15) is 5.75 Å². The van der Waals surface area contributed by atoms with Crippen molar-refractivity contribution in [3.8, 4) is 11.8 Å². The standard InChI is InChI=1S/C29H33N3O4S/c1-36-23-6-7-27-26(17-23)25(9-11-31-27)28(33)8-5-21-10-12-32(19-22(21)16-29(34)35)13-14-37-24-4-2-3-20(15-24)18-30/h2-4,6-7,9,11,15,17,21-22,28,33H,5,8,10,12-14,16,19H2,1H3,(H,34,35)/t21-,22+,28+/m1/s1. The van der Waals surface area contributed by atoms with Gasteiger partial charge in [0.25, 0.3) is 0 Å². The second-order valence-corrected chi connectivity index (χ2v) is 10.7. The smallest absolute Gasteiger partial charge is 0.303 e. The lowest BCUT2D eigenvalue weighted by atomic mass is 9.79. The number of hydrogen-bond acceptors (Lipinski definition) is 7. The number of rotatable bonds is 11. The summed E-state index contributed by atoms with van der Waals surface area (Å²) in [4.78, 5) is 19.5. The Morgan fingerprint density at radius 2 is 2.14 bits per heavy atom. The van der Waals surface area contributed by atoms with Gasteiger partial charge in [0.15, 0.2) is 0 Å². The summed E-state index contributed by atoms with van der Waals surface area (Å²) in [5.74, 6) is 1.15. The number of aliphatic hydroxyl groups excluding tert-OH is 1. The molecule has 1 saturated heterocycles. The van der Waals surface area contributed by atoms with Crippen LogP contribution in [0.4, 0.5) is 0 Å². The quantitative estimate of drug-likeness (QED) is 0.336. The number of hydrogen-bond donors (Lipinski definition) is 2. The molecule has 1 aliphatic rings. The Hall–Kier alpha value is -3.12. The Kier molecular flexibility index (Phi) is 9.40. The third-order valence-electron chi connectivity index (χ3n) is 7.20. The molecule has 0 unspecified atom stereocenters. The van der Waals surface area contributed by atoms with Gasteiger partial charge >= 0.3 is 5.97 Å². The highest BCUT2D eigenvalue weighted by Crippen LogP contribution is 2.35. The fourth-order valence-corrected chi connectivity index (χ4v) is 6.20. The van der Waals surface area contributed by atoms with Crippen LogP contribution in [-0.2, 0) is 4.79 Å². The van der Waals surface area contributed by atoms with Crippen molar-refractivity contribution in [3.05, 3.63) is 65.9 Å². The molecule has 3 aromatic rings. The summed E-state index contributed by atoms with van der Waals surface area (Å²) in [7, 11) is 1.62. The van der Waals surface area contributed by atoms with Crippen molar-refractivity contribution in [2.75, 3.05) is 32.5 Å². The maximum absolute atomic E-state index is 11.6. The first-order valence-electron chi connectivity index (χ1n) is 12.6. The predicted octanol–water partition coefficient (Wildman–Crippen LogP) is 5.13. The SMILES string of the molecule is COc1ccc2nccc([C@@H](O)CC[C@@H]3CCN(CCSc4cccc(C#N)c4)C[C@@H]3CC(=O)O)c2c1. The Labute approximate surface area is 222 Å². The van der Waals surface area contributed by atoms with Gasteiger partial charge in [-0.2, -0.15) is 5.26 Å². The summed E-state index contributed by atoms with van der Waals surface area (Å²) >= 11 is 1.72. The zero-order chi connectivity index (χ0) is 26.2. The number of aromatic nitrogens is 1. The largest absolute Gasteiger partial charge is 0.497 e. The van der Waals surface area contributed by atoms with E-state index >= 15 is 0 Å². The zero-order valence-electron chi connectivity index (χ0n) is 21.0. The molecular formula is C29H33N3O4S. The van der Waals surface area contributed by atoms with Crippen LogP contribution >= 0.6 is 11.8 Å². The summed E-state index contributed by atoms with van der Waals surface area (Å²) in [5, 5.41) is 30.6. The van der Waals surface area contributed by atoms with Gasteiger partial charge in [-0.1, -0.05) is 6.07 Å². The number of pyridine rings is 1. The average Bonchev–Trinajstić information content (AvgIpc) is 2.91. The molecule has 0 radical (unpaired) electrons. The van der Waals surface area contributed by atoms with Gasteiger partial charge in [-0.05, 0) is 85.7 Å². The molecule has 194 valence electrons. The van der Waals surface area contributed by atoms with Gasteiger partial charge in [-0.25, -0.2) is 0 Å². The van der Waals surface area contributed by atoms with E-state index < -0.39 is 12.1 Å². The summed E-state index contributed by atoms with van der Waals surface area (Å²) in [6.07, 6.45) is 3.47. The van der Waals surface area contributed by atoms with Gasteiger partial charge in [-0.15, -0.1) is 11.8 Å². The van der Waals surface area contributed by atoms with Crippen LogP contribution in [0.3, 0.4) is 0 Å². The average molecular weight is 520 g/mol. The molecule has 2 heterocycles. The Balaban J connectivity index is 1.34. The van der Waals surface area contributed by atoms with E-state index in [0.717, 1.165) is 65.3 Å². The normalized spacial score (nSPS) is 18.8. The van der Waals surface area contributed by atoms with Crippen LogP contribution in [0.1, 0.15) is 42.9 Å². The molecule has 0 amide bonds. The molecular weight excluding hydrogens is 486 g/mol. The summed E-state index contributed by atoms with van der Waals surface area (Å²) in [5.41, 5.74) is 2.30. The number of benzene rings is 2. The maximum Gasteiger partial charge on any atom is 0.303 e. The second kappa shape index (κ2) is 12.9. The number of carboxylic acid groups (broad SMARTS) is 1. The number of thioether (sulfide) groups is 1. The minimum Gasteiger partial charge on any atom is -0.497 e. The molecule has 0 bridgehead atoms. The van der Waals surface area contributed by atoms with E-state index in [1.165, 1.54) is 0 Å². The first kappa shape index (κ1) is 26.9. The van der Waals surface area contributed by atoms with Crippen LogP contribution < -0.4 is 4.74 Å². The topological polar surface area (TPSA) is 107 Å². The van der Waals surface area contributed by atoms with Crippen molar-refractivity contribution >= 4 is 28.6 Å². The number of carbonyl (C=O) groups is 1. The van der Waals surface area contributed by atoms with Crippen molar-refractivity contribution in [2.24, 2.45) is 11.8 Å². The first-order chi connectivity index (χ1) is 18.0. The highest BCUT2D eigenvalue weighted by Gasteiger charge is 2.31. The number of aliphatic hydroxyl groups is 1. The lowest BCUT2D eigenvalue weighted by Crippen LogP contribution is -2.42. The number of fused-ring (bicyclic) bond motifs is 1. The molecule has 3 atom stereocenters. The van der Waals surface area contributed by atoms with Crippen LogP contribution in [0.5, 0.6) is 5.75 Å². The monoisotopic (exact) mass is 519 g/mol. The Bertz CT molecular complexity index is 1260. The van der Waals surface area contributed by atoms with Crippen LogP contribution in [0.2, 0.25) is 0 Å². The molecule has 2 aromatic carbocycles. The van der Waals surface area contributed by atoms with Gasteiger partial charge in [0.2, 0.25) is 0 Å². The van der Waals surface area contributed by atoms with Crippen molar-refractivity contribution < 1.29 is 19.7 Å². The predicted molar refractivity (Wildman–Crippen MR) is 145 cm³/mol. The molecule has 0 saturated carbocycles. The third-order valence-corrected chi connectivity index (χ3v) is 8.18. The van der Waals surface area contributed by atoms with Crippen molar-refractivity contribution in [3.63, 3.8) is 0 Å². The van der Waals surface area contributed by atoms with Crippen molar-refractivity contribution in [2.45, 2.75) is 36.7 Å².